The number of unbranched alkanes of at least 4 members (excludes halogenated alkanes) is 1. The van der Waals surface area contributed by atoms with Gasteiger partial charge in [0.15, 0.2) is 0 Å². The summed E-state index contributed by atoms with van der Waals surface area (Å²) in [5.74, 6) is 0. The van der Waals surface area contributed by atoms with Crippen LogP contribution in [0.5, 0.6) is 0 Å². The molecule has 2 unspecified atom stereocenters. The Hall–Kier alpha value is -0.200. The Morgan fingerprint density at radius 3 is 2.40 bits per heavy atom. The predicted molar refractivity (Wildman–Crippen MR) is 55.4 cm³/mol. The van der Waals surface area contributed by atoms with Crippen molar-refractivity contribution in [2.45, 2.75) is 44.1 Å². The Morgan fingerprint density at radius 2 is 1.87 bits per heavy atom. The molecule has 1 aliphatic heterocycles. The van der Waals surface area contributed by atoms with E-state index >= 15 is 0 Å². The quantitative estimate of drug-likeness (QED) is 0.465. The average Bonchev–Trinajstić information content (AvgIpc) is 2.23. The van der Waals surface area contributed by atoms with E-state index in [4.69, 9.17) is 5.11 Å². The molecule has 0 aromatic heterocycles. The van der Waals surface area contributed by atoms with Crippen LogP contribution < -0.4 is 0 Å². The molecule has 0 spiro atoms. The molecule has 5 nitrogen and oxygen atoms in total. The summed E-state index contributed by atoms with van der Waals surface area (Å²) in [6, 6.07) is -0.463. The van der Waals surface area contributed by atoms with Crippen molar-refractivity contribution in [1.82, 2.24) is 4.90 Å². The highest BCUT2D eigenvalue weighted by Gasteiger charge is 2.40. The smallest absolute Gasteiger partial charge is 0.109 e. The van der Waals surface area contributed by atoms with Gasteiger partial charge in [-0.25, -0.2) is 0 Å². The fourth-order valence-electron chi connectivity index (χ4n) is 2.00. The number of aliphatic hydroxyl groups is 4. The van der Waals surface area contributed by atoms with Gasteiger partial charge in [0.2, 0.25) is 0 Å². The monoisotopic (exact) mass is 219 g/mol. The van der Waals surface area contributed by atoms with Crippen LogP contribution in [0.3, 0.4) is 0 Å². The van der Waals surface area contributed by atoms with Crippen LogP contribution in [0.2, 0.25) is 0 Å². The number of aliphatic hydroxyl groups excluding tert-OH is 4. The molecule has 15 heavy (non-hydrogen) atoms. The molecule has 0 bridgehead atoms. The van der Waals surface area contributed by atoms with Crippen LogP contribution in [0.1, 0.15) is 19.8 Å². The lowest BCUT2D eigenvalue weighted by Crippen LogP contribution is -2.62. The molecule has 1 rings (SSSR count). The Balaban J connectivity index is 2.60. The average molecular weight is 219 g/mol. The SMILES string of the molecule is CCCCN1C[C@H](O)C(O)C(O)[C@H]1CO. The second-order valence-electron chi connectivity index (χ2n) is 4.15. The number of hydrogen-bond donors (Lipinski definition) is 4. The maximum atomic E-state index is 9.67. The van der Waals surface area contributed by atoms with E-state index in [0.29, 0.717) is 6.54 Å². The predicted octanol–water partition coefficient (Wildman–Crippen LogP) is -1.45. The first-order valence-electron chi connectivity index (χ1n) is 5.51. The molecule has 0 aromatic carbocycles. The summed E-state index contributed by atoms with van der Waals surface area (Å²) in [6.45, 7) is 2.89. The highest BCUT2D eigenvalue weighted by Crippen LogP contribution is 2.19. The number of piperidine rings is 1. The summed E-state index contributed by atoms with van der Waals surface area (Å²) in [7, 11) is 0. The molecule has 1 fully saturated rings. The van der Waals surface area contributed by atoms with Gasteiger partial charge in [-0.3, -0.25) is 4.90 Å². The van der Waals surface area contributed by atoms with Crippen molar-refractivity contribution >= 4 is 0 Å². The second-order valence-corrected chi connectivity index (χ2v) is 4.15. The van der Waals surface area contributed by atoms with Gasteiger partial charge in [0, 0.05) is 6.54 Å². The number of hydrogen-bond acceptors (Lipinski definition) is 5. The van der Waals surface area contributed by atoms with Crippen LogP contribution in [0.15, 0.2) is 0 Å². The molecule has 1 heterocycles. The topological polar surface area (TPSA) is 84.2 Å². The van der Waals surface area contributed by atoms with Crippen LogP contribution in [-0.2, 0) is 0 Å². The highest BCUT2D eigenvalue weighted by molar-refractivity contribution is 4.93. The zero-order valence-corrected chi connectivity index (χ0v) is 9.08. The van der Waals surface area contributed by atoms with Gasteiger partial charge >= 0.3 is 0 Å². The van der Waals surface area contributed by atoms with Gasteiger partial charge in [-0.05, 0) is 13.0 Å². The lowest BCUT2D eigenvalue weighted by atomic mass is 9.94. The van der Waals surface area contributed by atoms with Crippen molar-refractivity contribution in [1.29, 1.82) is 0 Å². The molecule has 4 atom stereocenters. The molecule has 0 saturated carbocycles. The minimum Gasteiger partial charge on any atom is -0.395 e. The molecule has 4 N–H and O–H groups in total. The Labute approximate surface area is 90.0 Å². The number of likely N-dealkylation sites (tertiary alicyclic amines) is 1. The van der Waals surface area contributed by atoms with E-state index in [-0.39, 0.29) is 6.61 Å². The van der Waals surface area contributed by atoms with Gasteiger partial charge in [-0.2, -0.15) is 0 Å². The third-order valence-electron chi connectivity index (χ3n) is 3.01. The van der Waals surface area contributed by atoms with E-state index in [9.17, 15) is 15.3 Å². The lowest BCUT2D eigenvalue weighted by molar-refractivity contribution is -0.145. The van der Waals surface area contributed by atoms with E-state index < -0.39 is 24.4 Å². The van der Waals surface area contributed by atoms with Crippen molar-refractivity contribution in [2.24, 2.45) is 0 Å². The molecular weight excluding hydrogens is 198 g/mol. The second kappa shape index (κ2) is 5.77. The summed E-state index contributed by atoms with van der Waals surface area (Å²) in [6.07, 6.45) is -1.19. The molecule has 0 aromatic rings. The maximum absolute atomic E-state index is 9.67. The molecule has 5 heteroatoms. The molecule has 0 amide bonds. The van der Waals surface area contributed by atoms with E-state index in [1.807, 2.05) is 4.90 Å². The minimum absolute atomic E-state index is 0.200. The van der Waals surface area contributed by atoms with Gasteiger partial charge in [-0.1, -0.05) is 13.3 Å². The van der Waals surface area contributed by atoms with E-state index in [1.54, 1.807) is 0 Å². The van der Waals surface area contributed by atoms with Gasteiger partial charge in [0.05, 0.1) is 18.8 Å². The van der Waals surface area contributed by atoms with Crippen LogP contribution in [0.4, 0.5) is 0 Å². The standard InChI is InChI=1S/C10H21NO4/c1-2-3-4-11-5-8(13)10(15)9(14)7(11)6-12/h7-10,12-15H,2-6H2,1H3/t7-,8+,9?,10?/m1/s1. The lowest BCUT2D eigenvalue weighted by Gasteiger charge is -2.43. The van der Waals surface area contributed by atoms with E-state index in [1.165, 1.54) is 0 Å². The summed E-state index contributed by atoms with van der Waals surface area (Å²) in [4.78, 5) is 1.84. The Kier molecular flexibility index (Phi) is 4.95. The molecule has 0 radical (unpaired) electrons. The van der Waals surface area contributed by atoms with Crippen molar-refractivity contribution in [3.8, 4) is 0 Å². The first-order valence-corrected chi connectivity index (χ1v) is 5.51. The van der Waals surface area contributed by atoms with Crippen molar-refractivity contribution < 1.29 is 20.4 Å². The summed E-state index contributed by atoms with van der Waals surface area (Å²) in [5.41, 5.74) is 0. The molecule has 90 valence electrons. The zero-order chi connectivity index (χ0) is 11.4. The fraction of sp³-hybridized carbons (Fsp3) is 1.00. The Morgan fingerprint density at radius 1 is 1.20 bits per heavy atom. The van der Waals surface area contributed by atoms with Crippen LogP contribution in [0, 0.1) is 0 Å². The summed E-state index contributed by atoms with van der Waals surface area (Å²) in [5, 5.41) is 37.8. The van der Waals surface area contributed by atoms with Gasteiger partial charge < -0.3 is 20.4 Å². The van der Waals surface area contributed by atoms with Gasteiger partial charge in [-0.15, -0.1) is 0 Å². The third-order valence-corrected chi connectivity index (χ3v) is 3.01. The molecule has 0 aliphatic carbocycles. The first kappa shape index (κ1) is 12.9. The molecule has 1 saturated heterocycles. The maximum Gasteiger partial charge on any atom is 0.109 e. The zero-order valence-electron chi connectivity index (χ0n) is 9.08. The molecular formula is C10H21NO4. The van der Waals surface area contributed by atoms with Crippen LogP contribution >= 0.6 is 0 Å². The van der Waals surface area contributed by atoms with Gasteiger partial charge in [0.1, 0.15) is 12.2 Å². The van der Waals surface area contributed by atoms with Crippen LogP contribution in [-0.4, -0.2) is 69.4 Å². The van der Waals surface area contributed by atoms with Crippen molar-refractivity contribution in [3.63, 3.8) is 0 Å². The third kappa shape index (κ3) is 2.89. The fourth-order valence-corrected chi connectivity index (χ4v) is 2.00. The minimum atomic E-state index is -1.15. The van der Waals surface area contributed by atoms with Gasteiger partial charge in [0.25, 0.3) is 0 Å². The van der Waals surface area contributed by atoms with Crippen molar-refractivity contribution in [3.05, 3.63) is 0 Å². The highest BCUT2D eigenvalue weighted by atomic mass is 16.4. The number of rotatable bonds is 4. The van der Waals surface area contributed by atoms with Crippen molar-refractivity contribution in [2.75, 3.05) is 19.7 Å². The summed E-state index contributed by atoms with van der Waals surface area (Å²) >= 11 is 0. The normalized spacial score (nSPS) is 38.2. The molecule has 1 aliphatic rings. The first-order chi connectivity index (χ1) is 7.11. The largest absolute Gasteiger partial charge is 0.395 e. The summed E-state index contributed by atoms with van der Waals surface area (Å²) < 4.78 is 0. The van der Waals surface area contributed by atoms with E-state index in [2.05, 4.69) is 6.92 Å². The van der Waals surface area contributed by atoms with Crippen LogP contribution in [0.25, 0.3) is 0 Å². The number of β-amino-alcohol motifs (C(OH)–C–C–N with tert-alkyl or cyclic N) is 1. The number of nitrogens with zero attached hydrogens (tertiary/aromatic N) is 1. The Bertz CT molecular complexity index is 190. The van der Waals surface area contributed by atoms with E-state index in [0.717, 1.165) is 19.4 Å².